The minimum absolute atomic E-state index is 0.00730. The minimum Gasteiger partial charge on any atom is -0.375 e. The number of thiophene rings is 1. The van der Waals surface area contributed by atoms with Crippen LogP contribution in [0.4, 0.5) is 5.69 Å². The molecule has 1 saturated heterocycles. The Morgan fingerprint density at radius 2 is 2.08 bits per heavy atom. The highest BCUT2D eigenvalue weighted by molar-refractivity contribution is 7.12. The number of carbonyl (C=O) groups excluding carboxylic acids is 2. The van der Waals surface area contributed by atoms with E-state index in [2.05, 4.69) is 12.2 Å². The first-order chi connectivity index (χ1) is 11.7. The molecule has 1 aromatic carbocycles. The van der Waals surface area contributed by atoms with E-state index in [0.717, 1.165) is 6.42 Å². The predicted octanol–water partition coefficient (Wildman–Crippen LogP) is 3.25. The predicted molar refractivity (Wildman–Crippen MR) is 94.6 cm³/mol. The van der Waals surface area contributed by atoms with Gasteiger partial charge in [0.25, 0.3) is 11.8 Å². The maximum absolute atomic E-state index is 12.6. The van der Waals surface area contributed by atoms with Crippen LogP contribution < -0.4 is 5.32 Å². The standard InChI is InChI=1S/C18H20N2O3S/c1-2-15-12-20(9-10-23-15)18(22)13-5-7-14(8-6-13)19-17(21)16-4-3-11-24-16/h3-8,11,15H,2,9-10,12H2,1H3,(H,19,21). The van der Waals surface area contributed by atoms with Crippen molar-refractivity contribution in [2.24, 2.45) is 0 Å². The summed E-state index contributed by atoms with van der Waals surface area (Å²) in [5.74, 6) is -0.129. The third kappa shape index (κ3) is 3.83. The highest BCUT2D eigenvalue weighted by Crippen LogP contribution is 2.17. The van der Waals surface area contributed by atoms with E-state index in [4.69, 9.17) is 4.74 Å². The van der Waals surface area contributed by atoms with Crippen molar-refractivity contribution in [3.05, 3.63) is 52.2 Å². The van der Waals surface area contributed by atoms with E-state index in [1.807, 2.05) is 16.3 Å². The lowest BCUT2D eigenvalue weighted by Crippen LogP contribution is -2.45. The number of nitrogens with one attached hydrogen (secondary N) is 1. The Hall–Kier alpha value is -2.18. The number of rotatable bonds is 4. The highest BCUT2D eigenvalue weighted by Gasteiger charge is 2.23. The quantitative estimate of drug-likeness (QED) is 0.926. The summed E-state index contributed by atoms with van der Waals surface area (Å²) in [7, 11) is 0. The van der Waals surface area contributed by atoms with Gasteiger partial charge in [-0.1, -0.05) is 13.0 Å². The molecular weight excluding hydrogens is 324 g/mol. The summed E-state index contributed by atoms with van der Waals surface area (Å²) in [5, 5.41) is 4.70. The van der Waals surface area contributed by atoms with Crippen LogP contribution in [0.2, 0.25) is 0 Å². The smallest absolute Gasteiger partial charge is 0.265 e. The maximum atomic E-state index is 12.6. The van der Waals surface area contributed by atoms with Gasteiger partial charge in [-0.3, -0.25) is 9.59 Å². The number of morpholine rings is 1. The zero-order chi connectivity index (χ0) is 16.9. The van der Waals surface area contributed by atoms with Crippen molar-refractivity contribution in [3.63, 3.8) is 0 Å². The van der Waals surface area contributed by atoms with Crippen LogP contribution in [0.25, 0.3) is 0 Å². The van der Waals surface area contributed by atoms with Crippen LogP contribution in [-0.4, -0.2) is 42.5 Å². The first-order valence-corrected chi connectivity index (χ1v) is 8.91. The Bertz CT molecular complexity index is 698. The van der Waals surface area contributed by atoms with Crippen molar-refractivity contribution >= 4 is 28.8 Å². The van der Waals surface area contributed by atoms with Crippen LogP contribution in [0.1, 0.15) is 33.4 Å². The van der Waals surface area contributed by atoms with Gasteiger partial charge in [-0.15, -0.1) is 11.3 Å². The Labute approximate surface area is 145 Å². The van der Waals surface area contributed by atoms with E-state index in [9.17, 15) is 9.59 Å². The Kier molecular flexibility index (Phi) is 5.27. The summed E-state index contributed by atoms with van der Waals surface area (Å²) >= 11 is 1.39. The second-order valence-corrected chi connectivity index (χ2v) is 6.61. The van der Waals surface area contributed by atoms with Gasteiger partial charge in [0.1, 0.15) is 0 Å². The molecule has 24 heavy (non-hydrogen) atoms. The fourth-order valence-electron chi connectivity index (χ4n) is 2.63. The summed E-state index contributed by atoms with van der Waals surface area (Å²) in [5.41, 5.74) is 1.30. The van der Waals surface area contributed by atoms with E-state index in [1.54, 1.807) is 30.3 Å². The number of nitrogens with zero attached hydrogens (tertiary/aromatic N) is 1. The third-order valence-electron chi connectivity index (χ3n) is 4.02. The van der Waals surface area contributed by atoms with Gasteiger partial charge in [0.15, 0.2) is 0 Å². The Morgan fingerprint density at radius 3 is 2.75 bits per heavy atom. The van der Waals surface area contributed by atoms with Crippen LogP contribution in [0.3, 0.4) is 0 Å². The monoisotopic (exact) mass is 344 g/mol. The first kappa shape index (κ1) is 16.7. The number of hydrogen-bond acceptors (Lipinski definition) is 4. The normalized spacial score (nSPS) is 17.5. The largest absolute Gasteiger partial charge is 0.375 e. The lowest BCUT2D eigenvalue weighted by Gasteiger charge is -2.32. The molecule has 1 aliphatic heterocycles. The molecule has 2 aromatic rings. The van der Waals surface area contributed by atoms with E-state index >= 15 is 0 Å². The number of anilines is 1. The molecule has 5 nitrogen and oxygen atoms in total. The third-order valence-corrected chi connectivity index (χ3v) is 4.88. The lowest BCUT2D eigenvalue weighted by atomic mass is 10.1. The van der Waals surface area contributed by atoms with Crippen molar-refractivity contribution in [2.75, 3.05) is 25.0 Å². The molecule has 1 fully saturated rings. The molecule has 2 heterocycles. The van der Waals surface area contributed by atoms with Crippen LogP contribution >= 0.6 is 11.3 Å². The number of hydrogen-bond donors (Lipinski definition) is 1. The molecule has 0 spiro atoms. The van der Waals surface area contributed by atoms with Crippen molar-refractivity contribution in [1.29, 1.82) is 0 Å². The maximum Gasteiger partial charge on any atom is 0.265 e. The van der Waals surface area contributed by atoms with Crippen molar-refractivity contribution in [3.8, 4) is 0 Å². The van der Waals surface area contributed by atoms with Gasteiger partial charge in [-0.05, 0) is 42.1 Å². The molecule has 126 valence electrons. The van der Waals surface area contributed by atoms with E-state index in [1.165, 1.54) is 11.3 Å². The molecule has 2 amide bonds. The minimum atomic E-state index is -0.136. The SMILES string of the molecule is CCC1CN(C(=O)c2ccc(NC(=O)c3cccs3)cc2)CCO1. The van der Waals surface area contributed by atoms with Crippen molar-refractivity contribution in [2.45, 2.75) is 19.4 Å². The number of carbonyl (C=O) groups is 2. The fourth-order valence-corrected chi connectivity index (χ4v) is 3.25. The average Bonchev–Trinajstić information content (AvgIpc) is 3.16. The Balaban J connectivity index is 1.63. The molecule has 0 aliphatic carbocycles. The lowest BCUT2D eigenvalue weighted by molar-refractivity contribution is -0.0226. The fraction of sp³-hybridized carbons (Fsp3) is 0.333. The Morgan fingerprint density at radius 1 is 1.29 bits per heavy atom. The van der Waals surface area contributed by atoms with E-state index < -0.39 is 0 Å². The van der Waals surface area contributed by atoms with Crippen LogP contribution in [0.15, 0.2) is 41.8 Å². The van der Waals surface area contributed by atoms with Gasteiger partial charge >= 0.3 is 0 Å². The van der Waals surface area contributed by atoms with Crippen molar-refractivity contribution in [1.82, 2.24) is 4.90 Å². The van der Waals surface area contributed by atoms with Gasteiger partial charge in [0.05, 0.1) is 17.6 Å². The summed E-state index contributed by atoms with van der Waals surface area (Å²) < 4.78 is 5.60. The summed E-state index contributed by atoms with van der Waals surface area (Å²) in [6.45, 7) is 3.89. The van der Waals surface area contributed by atoms with Gasteiger partial charge in [-0.2, -0.15) is 0 Å². The van der Waals surface area contributed by atoms with E-state index in [-0.39, 0.29) is 17.9 Å². The molecule has 6 heteroatoms. The highest BCUT2D eigenvalue weighted by atomic mass is 32.1. The van der Waals surface area contributed by atoms with Gasteiger partial charge < -0.3 is 15.0 Å². The number of ether oxygens (including phenoxy) is 1. The molecule has 0 saturated carbocycles. The summed E-state index contributed by atoms with van der Waals surface area (Å²) in [6, 6.07) is 10.6. The summed E-state index contributed by atoms with van der Waals surface area (Å²) in [6.07, 6.45) is 1.02. The second-order valence-electron chi connectivity index (χ2n) is 5.66. The van der Waals surface area contributed by atoms with Crippen molar-refractivity contribution < 1.29 is 14.3 Å². The summed E-state index contributed by atoms with van der Waals surface area (Å²) in [4.78, 5) is 27.1. The van der Waals surface area contributed by atoms with Gasteiger partial charge in [0, 0.05) is 24.3 Å². The topological polar surface area (TPSA) is 58.6 Å². The molecular formula is C18H20N2O3S. The molecule has 1 aliphatic rings. The number of benzene rings is 1. The molecule has 0 radical (unpaired) electrons. The molecule has 1 N–H and O–H groups in total. The van der Waals surface area contributed by atoms with Gasteiger partial charge in [0.2, 0.25) is 0 Å². The molecule has 0 bridgehead atoms. The molecule has 1 atom stereocenters. The first-order valence-electron chi connectivity index (χ1n) is 8.03. The average molecular weight is 344 g/mol. The second kappa shape index (κ2) is 7.59. The van der Waals surface area contributed by atoms with Gasteiger partial charge in [-0.25, -0.2) is 0 Å². The zero-order valence-electron chi connectivity index (χ0n) is 13.5. The molecule has 1 aromatic heterocycles. The van der Waals surface area contributed by atoms with Crippen LogP contribution in [0.5, 0.6) is 0 Å². The van der Waals surface area contributed by atoms with E-state index in [0.29, 0.717) is 35.8 Å². The zero-order valence-corrected chi connectivity index (χ0v) is 14.3. The molecule has 1 unspecified atom stereocenters. The van der Waals surface area contributed by atoms with Crippen LogP contribution in [0, 0.1) is 0 Å². The molecule has 3 rings (SSSR count). The van der Waals surface area contributed by atoms with Crippen LogP contribution in [-0.2, 0) is 4.74 Å². The number of amides is 2.